The zero-order valence-electron chi connectivity index (χ0n) is 20.0. The number of hydrogen-bond acceptors (Lipinski definition) is 5. The van der Waals surface area contributed by atoms with Crippen LogP contribution in [0.5, 0.6) is 5.75 Å². The highest BCUT2D eigenvalue weighted by Gasteiger charge is 2.28. The first kappa shape index (κ1) is 25.2. The monoisotopic (exact) mass is 493 g/mol. The van der Waals surface area contributed by atoms with Gasteiger partial charge in [0, 0.05) is 36.6 Å². The van der Waals surface area contributed by atoms with E-state index >= 15 is 0 Å². The molecule has 0 radical (unpaired) electrons. The topological polar surface area (TPSA) is 119 Å². The molecule has 36 heavy (non-hydrogen) atoms. The summed E-state index contributed by atoms with van der Waals surface area (Å²) in [5.74, 6) is -2.10. The molecule has 1 aromatic heterocycles. The summed E-state index contributed by atoms with van der Waals surface area (Å²) in [6.45, 7) is 2.05. The minimum absolute atomic E-state index is 0.178. The molecule has 1 unspecified atom stereocenters. The Morgan fingerprint density at radius 2 is 1.92 bits per heavy atom. The summed E-state index contributed by atoms with van der Waals surface area (Å²) in [4.78, 5) is 37.7. The molecule has 190 valence electrons. The Hall–Kier alpha value is -3.85. The first-order chi connectivity index (χ1) is 17.5. The second-order valence-corrected chi connectivity index (χ2v) is 8.78. The Morgan fingerprint density at radius 1 is 1.14 bits per heavy atom. The Bertz CT molecular complexity index is 1190. The Kier molecular flexibility index (Phi) is 8.57. The SMILES string of the molecule is O=C(O)C[C@@H](CCOc1ccccc1)C(=O)NC1Cc2cn(c3ccccc23)CCOCCNC1=O. The van der Waals surface area contributed by atoms with Crippen molar-refractivity contribution in [2.75, 3.05) is 26.4 Å². The predicted octanol–water partition coefficient (Wildman–Crippen LogP) is 2.38. The van der Waals surface area contributed by atoms with Crippen LogP contribution >= 0.6 is 0 Å². The number of aliphatic carboxylic acids is 1. The van der Waals surface area contributed by atoms with Gasteiger partial charge in [-0.2, -0.15) is 0 Å². The van der Waals surface area contributed by atoms with Crippen molar-refractivity contribution < 1.29 is 29.0 Å². The van der Waals surface area contributed by atoms with Gasteiger partial charge in [-0.15, -0.1) is 0 Å². The molecule has 9 nitrogen and oxygen atoms in total. The highest BCUT2D eigenvalue weighted by atomic mass is 16.5. The lowest BCUT2D eigenvalue weighted by Gasteiger charge is -2.22. The van der Waals surface area contributed by atoms with E-state index in [0.717, 1.165) is 16.5 Å². The maximum atomic E-state index is 13.2. The van der Waals surface area contributed by atoms with Crippen LogP contribution in [-0.2, 0) is 32.1 Å². The highest BCUT2D eigenvalue weighted by Crippen LogP contribution is 2.23. The van der Waals surface area contributed by atoms with E-state index in [0.29, 0.717) is 32.1 Å². The Labute approximate surface area is 209 Å². The van der Waals surface area contributed by atoms with Crippen molar-refractivity contribution in [3.8, 4) is 5.75 Å². The molecule has 0 saturated carbocycles. The average Bonchev–Trinajstić information content (AvgIpc) is 3.22. The van der Waals surface area contributed by atoms with E-state index in [1.54, 1.807) is 12.1 Å². The summed E-state index contributed by atoms with van der Waals surface area (Å²) in [6, 6.07) is 16.2. The molecule has 0 saturated heterocycles. The summed E-state index contributed by atoms with van der Waals surface area (Å²) < 4.78 is 13.4. The molecule has 2 amide bonds. The quantitative estimate of drug-likeness (QED) is 0.443. The number of ether oxygens (including phenoxy) is 2. The number of para-hydroxylation sites is 2. The van der Waals surface area contributed by atoms with E-state index in [1.165, 1.54) is 0 Å². The molecule has 2 heterocycles. The van der Waals surface area contributed by atoms with Crippen molar-refractivity contribution in [3.05, 3.63) is 66.4 Å². The Balaban J connectivity index is 1.51. The highest BCUT2D eigenvalue weighted by molar-refractivity contribution is 5.91. The third-order valence-corrected chi connectivity index (χ3v) is 6.22. The van der Waals surface area contributed by atoms with E-state index in [-0.39, 0.29) is 31.8 Å². The maximum absolute atomic E-state index is 13.2. The average molecular weight is 494 g/mol. The Morgan fingerprint density at radius 3 is 2.72 bits per heavy atom. The fourth-order valence-electron chi connectivity index (χ4n) is 4.40. The van der Waals surface area contributed by atoms with E-state index in [4.69, 9.17) is 9.47 Å². The van der Waals surface area contributed by atoms with Gasteiger partial charge in [0.2, 0.25) is 11.8 Å². The molecule has 1 aliphatic heterocycles. The number of nitrogens with one attached hydrogen (secondary N) is 2. The third-order valence-electron chi connectivity index (χ3n) is 6.22. The minimum Gasteiger partial charge on any atom is -0.494 e. The molecule has 2 atom stereocenters. The summed E-state index contributed by atoms with van der Waals surface area (Å²) in [5.41, 5.74) is 1.96. The second kappa shape index (κ2) is 12.2. The van der Waals surface area contributed by atoms with Crippen LogP contribution in [0.15, 0.2) is 60.8 Å². The van der Waals surface area contributed by atoms with Crippen molar-refractivity contribution >= 4 is 28.7 Å². The van der Waals surface area contributed by atoms with Crippen LogP contribution in [0.3, 0.4) is 0 Å². The van der Waals surface area contributed by atoms with Gasteiger partial charge in [0.05, 0.1) is 32.2 Å². The second-order valence-electron chi connectivity index (χ2n) is 8.78. The summed E-state index contributed by atoms with van der Waals surface area (Å²) >= 11 is 0. The van der Waals surface area contributed by atoms with Crippen LogP contribution in [0.25, 0.3) is 10.9 Å². The van der Waals surface area contributed by atoms with Crippen molar-refractivity contribution in [2.45, 2.75) is 31.8 Å². The zero-order valence-corrected chi connectivity index (χ0v) is 20.0. The number of amides is 2. The third kappa shape index (κ3) is 6.63. The van der Waals surface area contributed by atoms with Crippen molar-refractivity contribution in [3.63, 3.8) is 0 Å². The van der Waals surface area contributed by atoms with Gasteiger partial charge in [-0.05, 0) is 30.2 Å². The molecule has 2 bridgehead atoms. The minimum atomic E-state index is -1.08. The molecule has 0 aliphatic carbocycles. The largest absolute Gasteiger partial charge is 0.494 e. The van der Waals surface area contributed by atoms with Crippen LogP contribution in [0.2, 0.25) is 0 Å². The number of carbonyl (C=O) groups excluding carboxylic acids is 2. The van der Waals surface area contributed by atoms with Crippen LogP contribution in [0.4, 0.5) is 0 Å². The summed E-state index contributed by atoms with van der Waals surface area (Å²) in [5, 5.41) is 16.0. The van der Waals surface area contributed by atoms with Gasteiger partial charge in [0.25, 0.3) is 0 Å². The number of carbonyl (C=O) groups is 3. The number of aromatic nitrogens is 1. The van der Waals surface area contributed by atoms with Gasteiger partial charge < -0.3 is 29.8 Å². The molecule has 1 aliphatic rings. The van der Waals surface area contributed by atoms with Crippen LogP contribution in [0.1, 0.15) is 18.4 Å². The van der Waals surface area contributed by atoms with Gasteiger partial charge >= 0.3 is 5.97 Å². The van der Waals surface area contributed by atoms with Crippen molar-refractivity contribution in [1.29, 1.82) is 0 Å². The number of carboxylic acid groups (broad SMARTS) is 1. The van der Waals surface area contributed by atoms with Gasteiger partial charge in [0.1, 0.15) is 11.8 Å². The number of carboxylic acids is 1. The van der Waals surface area contributed by atoms with Crippen LogP contribution < -0.4 is 15.4 Å². The van der Waals surface area contributed by atoms with Gasteiger partial charge in [0.15, 0.2) is 0 Å². The molecule has 0 spiro atoms. The lowest BCUT2D eigenvalue weighted by atomic mass is 9.98. The standard InChI is InChI=1S/C27H31N3O6/c31-25(32)17-19(10-13-36-21-6-2-1-3-7-21)26(33)29-23-16-20-18-30(24-9-5-4-8-22(20)24)12-15-35-14-11-28-27(23)34/h1-9,18-19,23H,10-17H2,(H,28,34)(H,29,33)(H,31,32)/t19-,23?/m1/s1. The van der Waals surface area contributed by atoms with E-state index in [9.17, 15) is 19.5 Å². The number of benzene rings is 2. The molecule has 4 rings (SSSR count). The molecular weight excluding hydrogens is 462 g/mol. The van der Waals surface area contributed by atoms with E-state index in [2.05, 4.69) is 15.2 Å². The first-order valence-electron chi connectivity index (χ1n) is 12.1. The summed E-state index contributed by atoms with van der Waals surface area (Å²) in [6.07, 6.45) is 2.12. The van der Waals surface area contributed by atoms with Gasteiger partial charge in [-0.25, -0.2) is 0 Å². The fourth-order valence-corrected chi connectivity index (χ4v) is 4.40. The number of rotatable bonds is 8. The molecular formula is C27H31N3O6. The predicted molar refractivity (Wildman–Crippen MR) is 134 cm³/mol. The van der Waals surface area contributed by atoms with Crippen LogP contribution in [-0.4, -0.2) is 59.9 Å². The van der Waals surface area contributed by atoms with Gasteiger partial charge in [-0.1, -0.05) is 36.4 Å². The molecule has 0 fully saturated rings. The molecule has 3 aromatic rings. The smallest absolute Gasteiger partial charge is 0.304 e. The van der Waals surface area contributed by atoms with E-state index in [1.807, 2.05) is 48.7 Å². The fraction of sp³-hybridized carbons (Fsp3) is 0.370. The van der Waals surface area contributed by atoms with Crippen molar-refractivity contribution in [2.24, 2.45) is 5.92 Å². The molecule has 9 heteroatoms. The maximum Gasteiger partial charge on any atom is 0.304 e. The van der Waals surface area contributed by atoms with Crippen LogP contribution in [0, 0.1) is 5.92 Å². The van der Waals surface area contributed by atoms with Crippen molar-refractivity contribution in [1.82, 2.24) is 15.2 Å². The lowest BCUT2D eigenvalue weighted by Crippen LogP contribution is -2.50. The summed E-state index contributed by atoms with van der Waals surface area (Å²) in [7, 11) is 0. The normalized spacial score (nSPS) is 17.3. The first-order valence-corrected chi connectivity index (χ1v) is 12.1. The number of hydrogen-bond donors (Lipinski definition) is 3. The number of fused-ring (bicyclic) bond motifs is 5. The van der Waals surface area contributed by atoms with E-state index < -0.39 is 23.8 Å². The zero-order chi connectivity index (χ0) is 25.3. The number of nitrogens with zero attached hydrogens (tertiary/aromatic N) is 1. The molecule has 2 aromatic carbocycles. The molecule has 3 N–H and O–H groups in total. The van der Waals surface area contributed by atoms with Gasteiger partial charge in [-0.3, -0.25) is 14.4 Å². The lowest BCUT2D eigenvalue weighted by molar-refractivity contribution is -0.141.